The van der Waals surface area contributed by atoms with E-state index in [-0.39, 0.29) is 35.7 Å². The van der Waals surface area contributed by atoms with E-state index in [0.717, 1.165) is 5.57 Å². The molecule has 2 saturated carbocycles. The molecular formula is C21H24ClFO3. The van der Waals surface area contributed by atoms with Gasteiger partial charge in [-0.15, -0.1) is 11.6 Å². The Morgan fingerprint density at radius 3 is 2.81 bits per heavy atom. The molecule has 4 aliphatic rings. The first-order chi connectivity index (χ1) is 12.2. The zero-order valence-corrected chi connectivity index (χ0v) is 15.9. The number of ketones is 2. The molecule has 4 rings (SSSR count). The number of hydrogen-bond donors (Lipinski definition) is 1. The van der Waals surface area contributed by atoms with Crippen LogP contribution in [0.1, 0.15) is 39.5 Å². The maximum absolute atomic E-state index is 16.7. The maximum atomic E-state index is 16.7. The van der Waals surface area contributed by atoms with Crippen LogP contribution < -0.4 is 0 Å². The highest BCUT2D eigenvalue weighted by molar-refractivity contribution is 6.30. The third kappa shape index (κ3) is 2.03. The molecule has 0 aromatic rings. The van der Waals surface area contributed by atoms with Crippen LogP contribution in [0.3, 0.4) is 0 Å². The van der Waals surface area contributed by atoms with Crippen molar-refractivity contribution in [2.45, 2.75) is 51.3 Å². The minimum atomic E-state index is -1.84. The Hall–Kier alpha value is -1.26. The number of carbonyl (C=O) groups is 2. The van der Waals surface area contributed by atoms with Crippen LogP contribution in [0, 0.1) is 22.7 Å². The quantitative estimate of drug-likeness (QED) is 0.745. The topological polar surface area (TPSA) is 54.4 Å². The van der Waals surface area contributed by atoms with Crippen molar-refractivity contribution in [2.24, 2.45) is 22.7 Å². The van der Waals surface area contributed by atoms with Crippen LogP contribution in [0.15, 0.2) is 35.5 Å². The molecule has 0 aliphatic heterocycles. The molecule has 0 heterocycles. The number of alkyl halides is 2. The summed E-state index contributed by atoms with van der Waals surface area (Å²) >= 11 is 5.78. The molecule has 0 radical (unpaired) electrons. The Labute approximate surface area is 158 Å². The van der Waals surface area contributed by atoms with Gasteiger partial charge in [-0.1, -0.05) is 24.6 Å². The van der Waals surface area contributed by atoms with Gasteiger partial charge in [-0.2, -0.15) is 0 Å². The van der Waals surface area contributed by atoms with E-state index >= 15 is 4.39 Å². The van der Waals surface area contributed by atoms with Gasteiger partial charge in [0.05, 0.1) is 12.0 Å². The molecule has 0 aromatic carbocycles. The maximum Gasteiger partial charge on any atom is 0.178 e. The van der Waals surface area contributed by atoms with E-state index in [9.17, 15) is 14.7 Å². The number of fused-ring (bicyclic) bond motifs is 5. The molecule has 5 heteroatoms. The summed E-state index contributed by atoms with van der Waals surface area (Å²) < 4.78 is 16.7. The third-order valence-electron chi connectivity index (χ3n) is 7.64. The molecule has 1 unspecified atom stereocenters. The fourth-order valence-corrected chi connectivity index (χ4v) is 6.43. The summed E-state index contributed by atoms with van der Waals surface area (Å²) in [7, 11) is 0. The van der Waals surface area contributed by atoms with Gasteiger partial charge < -0.3 is 5.11 Å². The largest absolute Gasteiger partial charge is 0.390 e. The molecule has 0 spiro atoms. The summed E-state index contributed by atoms with van der Waals surface area (Å²) in [6, 6.07) is 0. The van der Waals surface area contributed by atoms with Crippen molar-refractivity contribution >= 4 is 23.2 Å². The van der Waals surface area contributed by atoms with Crippen LogP contribution >= 0.6 is 11.6 Å². The number of hydrogen-bond acceptors (Lipinski definition) is 3. The summed E-state index contributed by atoms with van der Waals surface area (Å²) in [5, 5.41) is 11.0. The molecule has 3 nitrogen and oxygen atoms in total. The molecule has 26 heavy (non-hydrogen) atoms. The van der Waals surface area contributed by atoms with Crippen molar-refractivity contribution in [1.29, 1.82) is 0 Å². The molecule has 0 bridgehead atoms. The SMILES string of the molecule is C[C@]12C=CC(=O)C=C1CC[C@H]1[C@@H]3CC=C(C(=O)CCl)[C@@]3(C)CC(O)[C@@]12F. The van der Waals surface area contributed by atoms with Crippen molar-refractivity contribution in [3.8, 4) is 0 Å². The molecule has 1 N–H and O–H groups in total. The first-order valence-electron chi connectivity index (χ1n) is 9.29. The summed E-state index contributed by atoms with van der Waals surface area (Å²) in [4.78, 5) is 24.1. The highest BCUT2D eigenvalue weighted by Crippen LogP contribution is 2.67. The average molecular weight is 379 g/mol. The number of halogens is 2. The van der Waals surface area contributed by atoms with Gasteiger partial charge in [0.25, 0.3) is 0 Å². The van der Waals surface area contributed by atoms with Crippen molar-refractivity contribution < 1.29 is 19.1 Å². The van der Waals surface area contributed by atoms with Gasteiger partial charge in [-0.3, -0.25) is 9.59 Å². The Balaban J connectivity index is 1.79. The van der Waals surface area contributed by atoms with Gasteiger partial charge in [0, 0.05) is 16.7 Å². The highest BCUT2D eigenvalue weighted by Gasteiger charge is 2.69. The normalized spacial score (nSPS) is 46.8. The Morgan fingerprint density at radius 1 is 1.38 bits per heavy atom. The fraction of sp³-hybridized carbons (Fsp3) is 0.619. The third-order valence-corrected chi connectivity index (χ3v) is 7.89. The van der Waals surface area contributed by atoms with Crippen LogP contribution in [-0.4, -0.2) is 34.3 Å². The summed E-state index contributed by atoms with van der Waals surface area (Å²) in [5.41, 5.74) is -1.94. The Kier molecular flexibility index (Phi) is 3.92. The van der Waals surface area contributed by atoms with Crippen LogP contribution in [0.4, 0.5) is 4.39 Å². The summed E-state index contributed by atoms with van der Waals surface area (Å²) in [6.45, 7) is 3.77. The van der Waals surface area contributed by atoms with Gasteiger partial charge in [-0.25, -0.2) is 4.39 Å². The van der Waals surface area contributed by atoms with Gasteiger partial charge in [0.15, 0.2) is 17.2 Å². The number of Topliss-reactive ketones (excluding diaryl/α,β-unsaturated/α-hetero) is 1. The predicted molar refractivity (Wildman–Crippen MR) is 97.5 cm³/mol. The zero-order chi connectivity index (χ0) is 18.9. The van der Waals surface area contributed by atoms with E-state index in [1.807, 2.05) is 13.0 Å². The molecule has 140 valence electrons. The molecule has 4 aliphatic carbocycles. The minimum Gasteiger partial charge on any atom is -0.390 e. The Morgan fingerprint density at radius 2 is 2.12 bits per heavy atom. The number of aliphatic hydroxyl groups is 1. The van der Waals surface area contributed by atoms with E-state index in [1.54, 1.807) is 13.0 Å². The van der Waals surface area contributed by atoms with Crippen molar-refractivity contribution in [3.63, 3.8) is 0 Å². The monoisotopic (exact) mass is 378 g/mol. The van der Waals surface area contributed by atoms with Crippen molar-refractivity contribution in [3.05, 3.63) is 35.5 Å². The van der Waals surface area contributed by atoms with Gasteiger partial charge >= 0.3 is 0 Å². The molecule has 2 fully saturated rings. The van der Waals surface area contributed by atoms with Crippen LogP contribution in [-0.2, 0) is 9.59 Å². The molecule has 6 atom stereocenters. The van der Waals surface area contributed by atoms with Crippen molar-refractivity contribution in [1.82, 2.24) is 0 Å². The zero-order valence-electron chi connectivity index (χ0n) is 15.1. The lowest BCUT2D eigenvalue weighted by atomic mass is 9.45. The average Bonchev–Trinajstić information content (AvgIpc) is 2.93. The summed E-state index contributed by atoms with van der Waals surface area (Å²) in [6.07, 6.45) is 7.35. The lowest BCUT2D eigenvalue weighted by Gasteiger charge is -2.61. The molecular weight excluding hydrogens is 355 g/mol. The highest BCUT2D eigenvalue weighted by atomic mass is 35.5. The standard InChI is InChI=1S/C21H24ClFO3/c1-19-10-18(26)21(23)15(14(19)5-6-16(19)17(25)11-22)4-3-12-9-13(24)7-8-20(12,21)2/h6-9,14-15,18,26H,3-5,10-11H2,1-2H3/t14-,15-,18?,19-,20-,21-/m0/s1. The smallest absolute Gasteiger partial charge is 0.178 e. The Bertz CT molecular complexity index is 784. The second-order valence-corrected chi connectivity index (χ2v) is 8.94. The summed E-state index contributed by atoms with van der Waals surface area (Å²) in [5.74, 6) is -0.741. The van der Waals surface area contributed by atoms with Gasteiger partial charge in [-0.05, 0) is 56.3 Å². The van der Waals surface area contributed by atoms with E-state index < -0.39 is 22.6 Å². The van der Waals surface area contributed by atoms with E-state index in [0.29, 0.717) is 24.8 Å². The van der Waals surface area contributed by atoms with Crippen LogP contribution in [0.5, 0.6) is 0 Å². The number of rotatable bonds is 2. The van der Waals surface area contributed by atoms with Gasteiger partial charge in [0.1, 0.15) is 0 Å². The van der Waals surface area contributed by atoms with E-state index in [2.05, 4.69) is 0 Å². The second-order valence-electron chi connectivity index (χ2n) is 8.68. The number of aliphatic hydroxyl groups excluding tert-OH is 1. The first kappa shape index (κ1) is 18.1. The van der Waals surface area contributed by atoms with Crippen molar-refractivity contribution in [2.75, 3.05) is 5.88 Å². The van der Waals surface area contributed by atoms with E-state index in [1.165, 1.54) is 12.2 Å². The molecule has 0 amide bonds. The minimum absolute atomic E-state index is 0.0394. The first-order valence-corrected chi connectivity index (χ1v) is 9.83. The molecule has 0 aromatic heterocycles. The van der Waals surface area contributed by atoms with Crippen LogP contribution in [0.25, 0.3) is 0 Å². The number of carbonyl (C=O) groups excluding carboxylic acids is 2. The van der Waals surface area contributed by atoms with Gasteiger partial charge in [0.2, 0.25) is 0 Å². The lowest BCUT2D eigenvalue weighted by Crippen LogP contribution is -2.66. The number of allylic oxidation sites excluding steroid dienone is 6. The fourth-order valence-electron chi connectivity index (χ4n) is 6.29. The van der Waals surface area contributed by atoms with Crippen LogP contribution in [0.2, 0.25) is 0 Å². The molecule has 0 saturated heterocycles. The predicted octanol–water partition coefficient (Wildman–Crippen LogP) is 3.70. The lowest BCUT2D eigenvalue weighted by molar-refractivity contribution is -0.185. The van der Waals surface area contributed by atoms with E-state index in [4.69, 9.17) is 11.6 Å². The second kappa shape index (κ2) is 5.62.